The summed E-state index contributed by atoms with van der Waals surface area (Å²) in [5.74, 6) is 1.22. The third-order valence-corrected chi connectivity index (χ3v) is 5.75. The van der Waals surface area contributed by atoms with E-state index in [0.29, 0.717) is 19.6 Å². The van der Waals surface area contributed by atoms with Crippen molar-refractivity contribution in [1.82, 2.24) is 10.6 Å². The summed E-state index contributed by atoms with van der Waals surface area (Å²) in [5.41, 5.74) is 0.979. The average Bonchev–Trinajstić information content (AvgIpc) is 2.85. The SMILES string of the molecule is CCOc1ccc(C(C)NC(=O)NCC2CCS(=O)(=O)C2)cc1. The van der Waals surface area contributed by atoms with Gasteiger partial charge >= 0.3 is 6.03 Å². The number of hydrogen-bond donors (Lipinski definition) is 2. The topological polar surface area (TPSA) is 84.5 Å². The number of carbonyl (C=O) groups is 1. The van der Waals surface area contributed by atoms with Gasteiger partial charge in [0.2, 0.25) is 0 Å². The van der Waals surface area contributed by atoms with Crippen LogP contribution in [-0.2, 0) is 9.84 Å². The van der Waals surface area contributed by atoms with Gasteiger partial charge in [0.25, 0.3) is 0 Å². The molecule has 1 aromatic carbocycles. The minimum atomic E-state index is -2.90. The van der Waals surface area contributed by atoms with Crippen molar-refractivity contribution in [2.75, 3.05) is 24.7 Å². The summed E-state index contributed by atoms with van der Waals surface area (Å²) < 4.78 is 28.2. The molecule has 1 aromatic rings. The largest absolute Gasteiger partial charge is 0.494 e. The average molecular weight is 340 g/mol. The van der Waals surface area contributed by atoms with E-state index in [1.54, 1.807) is 0 Å². The summed E-state index contributed by atoms with van der Waals surface area (Å²) in [5, 5.41) is 5.61. The first-order valence-electron chi connectivity index (χ1n) is 7.87. The molecule has 128 valence electrons. The minimum Gasteiger partial charge on any atom is -0.494 e. The Morgan fingerprint density at radius 3 is 2.61 bits per heavy atom. The lowest BCUT2D eigenvalue weighted by molar-refractivity contribution is 0.236. The van der Waals surface area contributed by atoms with Crippen LogP contribution in [-0.4, -0.2) is 39.1 Å². The fourth-order valence-corrected chi connectivity index (χ4v) is 4.48. The predicted molar refractivity (Wildman–Crippen MR) is 89.3 cm³/mol. The van der Waals surface area contributed by atoms with Crippen LogP contribution in [0.2, 0.25) is 0 Å². The van der Waals surface area contributed by atoms with E-state index in [1.165, 1.54) is 0 Å². The molecule has 1 aliphatic heterocycles. The van der Waals surface area contributed by atoms with E-state index >= 15 is 0 Å². The van der Waals surface area contributed by atoms with Crippen molar-refractivity contribution in [2.24, 2.45) is 5.92 Å². The number of rotatable bonds is 6. The molecule has 2 rings (SSSR count). The molecule has 0 saturated carbocycles. The molecule has 1 saturated heterocycles. The van der Waals surface area contributed by atoms with Crippen molar-refractivity contribution in [2.45, 2.75) is 26.3 Å². The van der Waals surface area contributed by atoms with Crippen LogP contribution in [0.1, 0.15) is 31.9 Å². The van der Waals surface area contributed by atoms with Gasteiger partial charge in [-0.1, -0.05) is 12.1 Å². The maximum Gasteiger partial charge on any atom is 0.315 e. The molecule has 0 aliphatic carbocycles. The molecule has 2 atom stereocenters. The predicted octanol–water partition coefficient (Wildman–Crippen LogP) is 1.88. The zero-order valence-electron chi connectivity index (χ0n) is 13.5. The third kappa shape index (κ3) is 5.42. The van der Waals surface area contributed by atoms with Gasteiger partial charge < -0.3 is 15.4 Å². The third-order valence-electron chi connectivity index (χ3n) is 3.92. The summed E-state index contributed by atoms with van der Waals surface area (Å²) in [7, 11) is -2.90. The Morgan fingerprint density at radius 2 is 2.04 bits per heavy atom. The molecule has 0 aromatic heterocycles. The molecular formula is C16H24N2O4S. The highest BCUT2D eigenvalue weighted by Gasteiger charge is 2.27. The number of benzene rings is 1. The van der Waals surface area contributed by atoms with Crippen LogP contribution < -0.4 is 15.4 Å². The van der Waals surface area contributed by atoms with Gasteiger partial charge in [-0.3, -0.25) is 0 Å². The standard InChI is InChI=1S/C16H24N2O4S/c1-3-22-15-6-4-14(5-7-15)12(2)18-16(19)17-10-13-8-9-23(20,21)11-13/h4-7,12-13H,3,8-11H2,1-2H3,(H2,17,18,19). The van der Waals surface area contributed by atoms with Gasteiger partial charge in [0, 0.05) is 6.54 Å². The highest BCUT2D eigenvalue weighted by Crippen LogP contribution is 2.18. The fourth-order valence-electron chi connectivity index (χ4n) is 2.62. The van der Waals surface area contributed by atoms with E-state index in [2.05, 4.69) is 10.6 Å². The van der Waals surface area contributed by atoms with Gasteiger partial charge in [-0.25, -0.2) is 13.2 Å². The van der Waals surface area contributed by atoms with E-state index in [4.69, 9.17) is 4.74 Å². The molecule has 1 heterocycles. The molecule has 23 heavy (non-hydrogen) atoms. The lowest BCUT2D eigenvalue weighted by atomic mass is 10.1. The molecule has 2 N–H and O–H groups in total. The van der Waals surface area contributed by atoms with Crippen LogP contribution in [0.5, 0.6) is 5.75 Å². The molecule has 1 aliphatic rings. The second-order valence-corrected chi connectivity index (χ2v) is 8.08. The zero-order chi connectivity index (χ0) is 16.9. The van der Waals surface area contributed by atoms with Gasteiger partial charge in [-0.15, -0.1) is 0 Å². The van der Waals surface area contributed by atoms with Gasteiger partial charge in [-0.05, 0) is 43.9 Å². The Bertz CT molecular complexity index is 628. The molecule has 2 amide bonds. The van der Waals surface area contributed by atoms with Crippen LogP contribution >= 0.6 is 0 Å². The number of sulfone groups is 1. The Hall–Kier alpha value is -1.76. The van der Waals surface area contributed by atoms with Crippen LogP contribution in [0.25, 0.3) is 0 Å². The molecule has 2 unspecified atom stereocenters. The molecule has 6 nitrogen and oxygen atoms in total. The van der Waals surface area contributed by atoms with E-state index in [-0.39, 0.29) is 29.5 Å². The van der Waals surface area contributed by atoms with Crippen molar-refractivity contribution in [3.05, 3.63) is 29.8 Å². The summed E-state index contributed by atoms with van der Waals surface area (Å²) >= 11 is 0. The normalized spacial score (nSPS) is 20.7. The summed E-state index contributed by atoms with van der Waals surface area (Å²) in [6.45, 7) is 4.83. The van der Waals surface area contributed by atoms with Crippen LogP contribution in [0, 0.1) is 5.92 Å². The number of amides is 2. The van der Waals surface area contributed by atoms with E-state index < -0.39 is 9.84 Å². The highest BCUT2D eigenvalue weighted by molar-refractivity contribution is 7.91. The molecule has 0 spiro atoms. The molecule has 7 heteroatoms. The molecule has 0 bridgehead atoms. The molecule has 1 fully saturated rings. The van der Waals surface area contributed by atoms with Gasteiger partial charge in [0.05, 0.1) is 24.2 Å². The second kappa shape index (κ2) is 7.68. The maximum atomic E-state index is 11.9. The summed E-state index contributed by atoms with van der Waals surface area (Å²) in [4.78, 5) is 11.9. The first-order valence-corrected chi connectivity index (χ1v) is 9.69. The van der Waals surface area contributed by atoms with Crippen LogP contribution in [0.4, 0.5) is 4.79 Å². The quantitative estimate of drug-likeness (QED) is 0.828. The smallest absolute Gasteiger partial charge is 0.315 e. The van der Waals surface area contributed by atoms with Gasteiger partial charge in [0.1, 0.15) is 5.75 Å². The van der Waals surface area contributed by atoms with Crippen LogP contribution in [0.15, 0.2) is 24.3 Å². The summed E-state index contributed by atoms with van der Waals surface area (Å²) in [6.07, 6.45) is 0.622. The Morgan fingerprint density at radius 1 is 1.35 bits per heavy atom. The Balaban J connectivity index is 1.78. The number of carbonyl (C=O) groups excluding carboxylic acids is 1. The number of nitrogens with one attached hydrogen (secondary N) is 2. The number of hydrogen-bond acceptors (Lipinski definition) is 4. The highest BCUT2D eigenvalue weighted by atomic mass is 32.2. The van der Waals surface area contributed by atoms with E-state index in [0.717, 1.165) is 11.3 Å². The monoisotopic (exact) mass is 340 g/mol. The van der Waals surface area contributed by atoms with Crippen molar-refractivity contribution in [1.29, 1.82) is 0 Å². The Kier molecular flexibility index (Phi) is 5.87. The van der Waals surface area contributed by atoms with Crippen molar-refractivity contribution >= 4 is 15.9 Å². The fraction of sp³-hybridized carbons (Fsp3) is 0.562. The van der Waals surface area contributed by atoms with Crippen molar-refractivity contribution in [3.8, 4) is 5.75 Å². The lowest BCUT2D eigenvalue weighted by Crippen LogP contribution is -2.39. The Labute approximate surface area is 137 Å². The van der Waals surface area contributed by atoms with E-state index in [1.807, 2.05) is 38.1 Å². The summed E-state index contributed by atoms with van der Waals surface area (Å²) in [6, 6.07) is 7.16. The molecule has 0 radical (unpaired) electrons. The van der Waals surface area contributed by atoms with Gasteiger partial charge in [-0.2, -0.15) is 0 Å². The number of ether oxygens (including phenoxy) is 1. The second-order valence-electron chi connectivity index (χ2n) is 5.85. The van der Waals surface area contributed by atoms with Gasteiger partial charge in [0.15, 0.2) is 9.84 Å². The maximum absolute atomic E-state index is 11.9. The minimum absolute atomic E-state index is 0.0199. The van der Waals surface area contributed by atoms with Crippen LogP contribution in [0.3, 0.4) is 0 Å². The van der Waals surface area contributed by atoms with E-state index in [9.17, 15) is 13.2 Å². The first kappa shape index (κ1) is 17.6. The molecular weight excluding hydrogens is 316 g/mol. The number of urea groups is 1. The zero-order valence-corrected chi connectivity index (χ0v) is 14.4. The first-order chi connectivity index (χ1) is 10.9. The van der Waals surface area contributed by atoms with Crippen molar-refractivity contribution < 1.29 is 17.9 Å². The van der Waals surface area contributed by atoms with Crippen molar-refractivity contribution in [3.63, 3.8) is 0 Å². The lowest BCUT2D eigenvalue weighted by Gasteiger charge is -2.16.